The molecule has 0 radical (unpaired) electrons. The van der Waals surface area contributed by atoms with Crippen LogP contribution in [0.5, 0.6) is 0 Å². The first-order chi connectivity index (χ1) is 29.3. The van der Waals surface area contributed by atoms with Gasteiger partial charge >= 0.3 is 0 Å². The van der Waals surface area contributed by atoms with Crippen molar-refractivity contribution in [3.63, 3.8) is 0 Å². The van der Waals surface area contributed by atoms with Crippen molar-refractivity contribution in [3.05, 3.63) is 200 Å². The van der Waals surface area contributed by atoms with E-state index in [0.717, 1.165) is 55.3 Å². The fourth-order valence-electron chi connectivity index (χ4n) is 9.69. The fourth-order valence-corrected chi connectivity index (χ4v) is 9.69. The SMILES string of the molecule is c1ccc(-c2nc(-n3c4ccccc4c4cc(-n5c6ccccc6c6c7c8ccccc8n(-c8ccc9ccccc9c8)c7ccc65)ccc43)nc3ccccc23)cc1. The molecule has 0 atom stereocenters. The van der Waals surface area contributed by atoms with Gasteiger partial charge in [0.05, 0.1) is 44.3 Å². The summed E-state index contributed by atoms with van der Waals surface area (Å²) in [6.07, 6.45) is 0. The van der Waals surface area contributed by atoms with Crippen molar-refractivity contribution >= 4 is 87.1 Å². The van der Waals surface area contributed by atoms with E-state index in [2.05, 4.69) is 202 Å². The molecule has 0 spiro atoms. The molecule has 4 aromatic heterocycles. The summed E-state index contributed by atoms with van der Waals surface area (Å²) in [5.41, 5.74) is 12.0. The Balaban J connectivity index is 1.07. The van der Waals surface area contributed by atoms with Crippen molar-refractivity contribution in [2.24, 2.45) is 0 Å². The highest BCUT2D eigenvalue weighted by Crippen LogP contribution is 2.43. The van der Waals surface area contributed by atoms with Crippen LogP contribution in [0.2, 0.25) is 0 Å². The van der Waals surface area contributed by atoms with E-state index in [9.17, 15) is 0 Å². The van der Waals surface area contributed by atoms with Gasteiger partial charge in [-0.25, -0.2) is 9.97 Å². The van der Waals surface area contributed by atoms with E-state index in [1.807, 2.05) is 12.1 Å². The van der Waals surface area contributed by atoms with Crippen molar-refractivity contribution in [1.29, 1.82) is 0 Å². The summed E-state index contributed by atoms with van der Waals surface area (Å²) < 4.78 is 7.10. The summed E-state index contributed by atoms with van der Waals surface area (Å²) in [5, 5.41) is 10.8. The highest BCUT2D eigenvalue weighted by Gasteiger charge is 2.22. The average molecular weight is 752 g/mol. The van der Waals surface area contributed by atoms with Crippen LogP contribution in [-0.2, 0) is 0 Å². The van der Waals surface area contributed by atoms with Gasteiger partial charge in [-0.15, -0.1) is 0 Å². The Morgan fingerprint density at radius 1 is 0.305 bits per heavy atom. The number of fused-ring (bicyclic) bond motifs is 12. The zero-order valence-corrected chi connectivity index (χ0v) is 31.8. The zero-order chi connectivity index (χ0) is 38.6. The predicted molar refractivity (Wildman–Crippen MR) is 245 cm³/mol. The molecule has 0 fully saturated rings. The minimum atomic E-state index is 0.656. The number of hydrogen-bond acceptors (Lipinski definition) is 2. The topological polar surface area (TPSA) is 40.6 Å². The Morgan fingerprint density at radius 3 is 1.53 bits per heavy atom. The lowest BCUT2D eigenvalue weighted by Gasteiger charge is -2.12. The van der Waals surface area contributed by atoms with Crippen LogP contribution in [-0.4, -0.2) is 23.7 Å². The van der Waals surface area contributed by atoms with Crippen LogP contribution in [0.15, 0.2) is 200 Å². The van der Waals surface area contributed by atoms with Crippen molar-refractivity contribution in [1.82, 2.24) is 23.7 Å². The van der Waals surface area contributed by atoms with E-state index in [1.54, 1.807) is 0 Å². The van der Waals surface area contributed by atoms with Crippen LogP contribution >= 0.6 is 0 Å². The molecule has 9 aromatic carbocycles. The fraction of sp³-hybridized carbons (Fsp3) is 0. The van der Waals surface area contributed by atoms with E-state index >= 15 is 0 Å². The second-order valence-electron chi connectivity index (χ2n) is 15.4. The normalized spacial score (nSPS) is 12.1. The molecule has 59 heavy (non-hydrogen) atoms. The number of aromatic nitrogens is 5. The summed E-state index contributed by atoms with van der Waals surface area (Å²) in [4.78, 5) is 10.5. The second kappa shape index (κ2) is 12.2. The molecule has 0 saturated heterocycles. The third-order valence-corrected chi connectivity index (χ3v) is 12.2. The molecule has 0 aliphatic carbocycles. The van der Waals surface area contributed by atoms with E-state index in [4.69, 9.17) is 9.97 Å². The van der Waals surface area contributed by atoms with Crippen molar-refractivity contribution in [2.75, 3.05) is 0 Å². The van der Waals surface area contributed by atoms with Gasteiger partial charge in [0.2, 0.25) is 5.95 Å². The molecule has 0 bridgehead atoms. The molecule has 0 aliphatic rings. The van der Waals surface area contributed by atoms with Gasteiger partial charge in [0.25, 0.3) is 0 Å². The van der Waals surface area contributed by atoms with Gasteiger partial charge in [-0.1, -0.05) is 133 Å². The van der Waals surface area contributed by atoms with Crippen LogP contribution < -0.4 is 0 Å². The quantitative estimate of drug-likeness (QED) is 0.180. The number of rotatable bonds is 4. The Bertz CT molecular complexity index is 3850. The van der Waals surface area contributed by atoms with Crippen molar-refractivity contribution < 1.29 is 0 Å². The van der Waals surface area contributed by atoms with Crippen LogP contribution in [0.25, 0.3) is 116 Å². The first-order valence-electron chi connectivity index (χ1n) is 20.1. The van der Waals surface area contributed by atoms with Crippen LogP contribution in [0, 0.1) is 0 Å². The van der Waals surface area contributed by atoms with Gasteiger partial charge in [0.1, 0.15) is 0 Å². The molecule has 0 aliphatic heterocycles. The highest BCUT2D eigenvalue weighted by molar-refractivity contribution is 6.29. The Kier molecular flexibility index (Phi) is 6.66. The molecule has 0 amide bonds. The molecule has 0 saturated carbocycles. The Hall–Kier alpha value is -8.02. The highest BCUT2D eigenvalue weighted by atomic mass is 15.2. The summed E-state index contributed by atoms with van der Waals surface area (Å²) in [7, 11) is 0. The van der Waals surface area contributed by atoms with Gasteiger partial charge < -0.3 is 9.13 Å². The van der Waals surface area contributed by atoms with Crippen LogP contribution in [0.1, 0.15) is 0 Å². The third kappa shape index (κ3) is 4.61. The summed E-state index contributed by atoms with van der Waals surface area (Å²) in [6.45, 7) is 0. The van der Waals surface area contributed by atoms with E-state index in [1.165, 1.54) is 54.4 Å². The van der Waals surface area contributed by atoms with Gasteiger partial charge in [-0.2, -0.15) is 0 Å². The number of nitrogens with zero attached hydrogens (tertiary/aromatic N) is 5. The minimum Gasteiger partial charge on any atom is -0.309 e. The summed E-state index contributed by atoms with van der Waals surface area (Å²) in [5.74, 6) is 0.656. The van der Waals surface area contributed by atoms with Crippen LogP contribution in [0.4, 0.5) is 0 Å². The molecule has 13 aromatic rings. The molecule has 5 nitrogen and oxygen atoms in total. The second-order valence-corrected chi connectivity index (χ2v) is 15.4. The molecular formula is C54H33N5. The largest absolute Gasteiger partial charge is 0.309 e. The standard InChI is InChI=1S/C54H33N5/c1-2-15-35(16-3-1)53-40-19-6-10-22-44(40)55-54(56-53)59-45-23-11-7-18-39(45)43-33-38(28-29-48(43)59)58-47-25-13-9-21-42(47)52-50(58)31-30-49-51(52)41-20-8-12-24-46(41)57(49)37-27-26-34-14-4-5-17-36(34)32-37/h1-33H. The number of hydrogen-bond donors (Lipinski definition) is 0. The Morgan fingerprint density at radius 2 is 0.814 bits per heavy atom. The molecule has 0 unspecified atom stereocenters. The van der Waals surface area contributed by atoms with E-state index < -0.39 is 0 Å². The third-order valence-electron chi connectivity index (χ3n) is 12.2. The van der Waals surface area contributed by atoms with E-state index in [-0.39, 0.29) is 0 Å². The monoisotopic (exact) mass is 751 g/mol. The van der Waals surface area contributed by atoms with Crippen LogP contribution in [0.3, 0.4) is 0 Å². The first kappa shape index (κ1) is 32.1. The van der Waals surface area contributed by atoms with E-state index in [0.29, 0.717) is 5.95 Å². The first-order valence-corrected chi connectivity index (χ1v) is 20.1. The zero-order valence-electron chi connectivity index (χ0n) is 31.8. The maximum atomic E-state index is 5.31. The summed E-state index contributed by atoms with van der Waals surface area (Å²) in [6, 6.07) is 71.9. The predicted octanol–water partition coefficient (Wildman–Crippen LogP) is 13.7. The lowest BCUT2D eigenvalue weighted by Crippen LogP contribution is -2.03. The average Bonchev–Trinajstić information content (AvgIpc) is 3.94. The number of para-hydroxylation sites is 4. The molecule has 5 heteroatoms. The van der Waals surface area contributed by atoms with Gasteiger partial charge in [0, 0.05) is 54.6 Å². The minimum absolute atomic E-state index is 0.656. The summed E-state index contributed by atoms with van der Waals surface area (Å²) >= 11 is 0. The molecule has 274 valence electrons. The molecule has 13 rings (SSSR count). The Labute approximate surface area is 338 Å². The maximum absolute atomic E-state index is 5.31. The molecule has 0 N–H and O–H groups in total. The number of benzene rings is 9. The maximum Gasteiger partial charge on any atom is 0.235 e. The van der Waals surface area contributed by atoms with Gasteiger partial charge in [-0.3, -0.25) is 4.57 Å². The smallest absolute Gasteiger partial charge is 0.235 e. The van der Waals surface area contributed by atoms with Gasteiger partial charge in [0.15, 0.2) is 0 Å². The van der Waals surface area contributed by atoms with Crippen molar-refractivity contribution in [3.8, 4) is 28.6 Å². The molecular weight excluding hydrogens is 719 g/mol. The van der Waals surface area contributed by atoms with Crippen molar-refractivity contribution in [2.45, 2.75) is 0 Å². The lowest BCUT2D eigenvalue weighted by atomic mass is 10.1. The molecule has 4 heterocycles. The lowest BCUT2D eigenvalue weighted by molar-refractivity contribution is 1.01. The van der Waals surface area contributed by atoms with Gasteiger partial charge in [-0.05, 0) is 77.5 Å².